The molecule has 2 rings (SSSR count). The average molecular weight is 419 g/mol. The molecule has 0 heterocycles. The van der Waals surface area contributed by atoms with E-state index in [1.165, 1.54) is 30.3 Å². The molecule has 0 spiro atoms. The summed E-state index contributed by atoms with van der Waals surface area (Å²) in [6.07, 6.45) is 0. The van der Waals surface area contributed by atoms with Gasteiger partial charge in [-0.2, -0.15) is 0 Å². The lowest BCUT2D eigenvalue weighted by molar-refractivity contribution is -0.387. The number of halogens is 2. The van der Waals surface area contributed by atoms with Crippen molar-refractivity contribution in [2.45, 2.75) is 4.90 Å². The smallest absolute Gasteiger partial charge is 0.289 e. The van der Waals surface area contributed by atoms with Gasteiger partial charge in [0.05, 0.1) is 20.7 Å². The molecule has 1 amide bonds. The number of carbonyl (C=O) groups excluding carboxylic acids is 1. The molecule has 0 aliphatic carbocycles. The van der Waals surface area contributed by atoms with Crippen LogP contribution >= 0.6 is 23.2 Å². The number of anilines is 1. The minimum atomic E-state index is -4.54. The van der Waals surface area contributed by atoms with Crippen LogP contribution in [0.2, 0.25) is 10.0 Å². The molecule has 0 aliphatic heterocycles. The quantitative estimate of drug-likeness (QED) is 0.319. The Kier molecular flexibility index (Phi) is 6.03. The van der Waals surface area contributed by atoms with Gasteiger partial charge in [0.2, 0.25) is 0 Å². The molecule has 3 N–H and O–H groups in total. The van der Waals surface area contributed by atoms with Gasteiger partial charge in [-0.1, -0.05) is 41.4 Å². The molecule has 0 radical (unpaired) electrons. The molecule has 0 atom stereocenters. The average Bonchev–Trinajstić information content (AvgIpc) is 2.62. The van der Waals surface area contributed by atoms with Crippen molar-refractivity contribution < 1.29 is 18.1 Å². The number of hydrogen-bond acceptors (Lipinski definition) is 6. The van der Waals surface area contributed by atoms with E-state index in [1.807, 2.05) is 0 Å². The number of nitrogens with zero attached hydrogens (tertiary/aromatic N) is 2. The number of para-hydroxylation sites is 1. The number of nitrogens with two attached hydrogens (primary N) is 1. The molecular formula is C14H12Cl2N4O5S. The molecule has 0 aromatic heterocycles. The summed E-state index contributed by atoms with van der Waals surface area (Å²) in [7, 11) is -4.54. The molecule has 12 heteroatoms. The summed E-state index contributed by atoms with van der Waals surface area (Å²) < 4.78 is 26.7. The number of benzene rings is 2. The Morgan fingerprint density at radius 3 is 2.46 bits per heavy atom. The molecule has 138 valence electrons. The van der Waals surface area contributed by atoms with Crippen LogP contribution in [0.5, 0.6) is 0 Å². The second-order valence-corrected chi connectivity index (χ2v) is 7.49. The monoisotopic (exact) mass is 418 g/mol. The lowest BCUT2D eigenvalue weighted by atomic mass is 10.3. The molecule has 2 aromatic carbocycles. The predicted molar refractivity (Wildman–Crippen MR) is 96.4 cm³/mol. The molecule has 0 fully saturated rings. The zero-order valence-corrected chi connectivity index (χ0v) is 15.3. The number of rotatable bonds is 6. The second kappa shape index (κ2) is 7.87. The summed E-state index contributed by atoms with van der Waals surface area (Å²) in [6.45, 7) is -0.759. The number of sulfonamides is 1. The van der Waals surface area contributed by atoms with Gasteiger partial charge in [0, 0.05) is 6.07 Å². The van der Waals surface area contributed by atoms with Crippen molar-refractivity contribution in [1.82, 2.24) is 5.43 Å². The van der Waals surface area contributed by atoms with E-state index < -0.39 is 38.0 Å². The third-order valence-corrected chi connectivity index (χ3v) is 5.89. The minimum absolute atomic E-state index is 0.0417. The maximum atomic E-state index is 13.1. The highest BCUT2D eigenvalue weighted by Crippen LogP contribution is 2.36. The number of nitro benzene ring substituents is 1. The van der Waals surface area contributed by atoms with E-state index >= 15 is 0 Å². The van der Waals surface area contributed by atoms with Crippen LogP contribution in [0.25, 0.3) is 0 Å². The van der Waals surface area contributed by atoms with Crippen molar-refractivity contribution >= 4 is 50.5 Å². The van der Waals surface area contributed by atoms with Crippen molar-refractivity contribution in [3.8, 4) is 0 Å². The van der Waals surface area contributed by atoms with E-state index in [0.717, 1.165) is 12.1 Å². The summed E-state index contributed by atoms with van der Waals surface area (Å²) in [4.78, 5) is 21.5. The zero-order chi connectivity index (χ0) is 19.5. The molecule has 0 saturated heterocycles. The Bertz CT molecular complexity index is 968. The fourth-order valence-corrected chi connectivity index (χ4v) is 4.15. The van der Waals surface area contributed by atoms with Gasteiger partial charge >= 0.3 is 0 Å². The molecule has 9 nitrogen and oxygen atoms in total. The van der Waals surface area contributed by atoms with E-state index in [-0.39, 0.29) is 15.7 Å². The summed E-state index contributed by atoms with van der Waals surface area (Å²) >= 11 is 12.0. The van der Waals surface area contributed by atoms with E-state index in [4.69, 9.17) is 29.0 Å². The largest absolute Gasteiger partial charge is 0.293 e. The molecule has 0 saturated carbocycles. The predicted octanol–water partition coefficient (Wildman–Crippen LogP) is 2.09. The maximum Gasteiger partial charge on any atom is 0.289 e. The molecule has 0 bridgehead atoms. The van der Waals surface area contributed by atoms with Crippen molar-refractivity contribution in [2.24, 2.45) is 5.84 Å². The Morgan fingerprint density at radius 2 is 1.85 bits per heavy atom. The Labute approximate surface area is 158 Å². The van der Waals surface area contributed by atoms with Crippen LogP contribution in [0.15, 0.2) is 47.4 Å². The first kappa shape index (κ1) is 19.9. The number of nitro groups is 1. The van der Waals surface area contributed by atoms with E-state index in [0.29, 0.717) is 4.31 Å². The first-order valence-electron chi connectivity index (χ1n) is 6.89. The Morgan fingerprint density at radius 1 is 1.19 bits per heavy atom. The number of hydrogen-bond donors (Lipinski definition) is 2. The first-order valence-corrected chi connectivity index (χ1v) is 9.09. The standard InChI is InChI=1S/C14H12Cl2N4O5S/c15-9-4-3-6-11(14(9)16)19(8-13(21)18-17)26(24,25)12-7-2-1-5-10(12)20(22)23/h1-7H,8,17H2,(H,18,21). The van der Waals surface area contributed by atoms with Crippen LogP contribution in [0.4, 0.5) is 11.4 Å². The SMILES string of the molecule is NNC(=O)CN(c1cccc(Cl)c1Cl)S(=O)(=O)c1ccccc1[N+](=O)[O-]. The topological polar surface area (TPSA) is 136 Å². The van der Waals surface area contributed by atoms with Crippen LogP contribution in [0.1, 0.15) is 0 Å². The van der Waals surface area contributed by atoms with Crippen LogP contribution in [-0.2, 0) is 14.8 Å². The molecule has 0 aliphatic rings. The van der Waals surface area contributed by atoms with Gasteiger partial charge in [-0.05, 0) is 18.2 Å². The van der Waals surface area contributed by atoms with E-state index in [9.17, 15) is 23.3 Å². The van der Waals surface area contributed by atoms with Crippen LogP contribution in [0.3, 0.4) is 0 Å². The number of hydrazine groups is 1. The van der Waals surface area contributed by atoms with Crippen molar-refractivity contribution in [3.05, 3.63) is 62.6 Å². The van der Waals surface area contributed by atoms with Gasteiger partial charge in [-0.3, -0.25) is 24.6 Å². The molecule has 26 heavy (non-hydrogen) atoms. The van der Waals surface area contributed by atoms with Crippen LogP contribution in [0, 0.1) is 10.1 Å². The molecule has 2 aromatic rings. The normalized spacial score (nSPS) is 11.0. The van der Waals surface area contributed by atoms with Crippen molar-refractivity contribution in [3.63, 3.8) is 0 Å². The third kappa shape index (κ3) is 3.88. The highest BCUT2D eigenvalue weighted by molar-refractivity contribution is 7.93. The second-order valence-electron chi connectivity index (χ2n) is 4.88. The third-order valence-electron chi connectivity index (χ3n) is 3.28. The summed E-state index contributed by atoms with van der Waals surface area (Å²) in [5.41, 5.74) is 1.03. The number of nitrogens with one attached hydrogen (secondary N) is 1. The van der Waals surface area contributed by atoms with Gasteiger partial charge < -0.3 is 0 Å². The van der Waals surface area contributed by atoms with Gasteiger partial charge in [0.1, 0.15) is 6.54 Å². The number of amides is 1. The fourth-order valence-electron chi connectivity index (χ4n) is 2.11. The number of carbonyl (C=O) groups is 1. The highest BCUT2D eigenvalue weighted by atomic mass is 35.5. The van der Waals surface area contributed by atoms with Crippen LogP contribution in [-0.4, -0.2) is 25.8 Å². The van der Waals surface area contributed by atoms with E-state index in [1.54, 1.807) is 5.43 Å². The summed E-state index contributed by atoms with van der Waals surface area (Å²) in [5, 5.41) is 11.1. The fraction of sp³-hybridized carbons (Fsp3) is 0.0714. The maximum absolute atomic E-state index is 13.1. The summed E-state index contributed by atoms with van der Waals surface area (Å²) in [5.74, 6) is 4.18. The molecular weight excluding hydrogens is 407 g/mol. The highest BCUT2D eigenvalue weighted by Gasteiger charge is 2.34. The first-order chi connectivity index (χ1) is 12.2. The van der Waals surface area contributed by atoms with Gasteiger partial charge in [-0.25, -0.2) is 14.3 Å². The lowest BCUT2D eigenvalue weighted by Crippen LogP contribution is -2.43. The van der Waals surface area contributed by atoms with Crippen LogP contribution < -0.4 is 15.6 Å². The van der Waals surface area contributed by atoms with Gasteiger partial charge in [0.25, 0.3) is 21.6 Å². The zero-order valence-electron chi connectivity index (χ0n) is 12.9. The van der Waals surface area contributed by atoms with Gasteiger partial charge in [0.15, 0.2) is 4.90 Å². The van der Waals surface area contributed by atoms with Crippen molar-refractivity contribution in [2.75, 3.05) is 10.8 Å². The Balaban J connectivity index is 2.71. The molecule has 0 unspecified atom stereocenters. The minimum Gasteiger partial charge on any atom is -0.293 e. The summed E-state index contributed by atoms with van der Waals surface area (Å²) in [6, 6.07) is 8.89. The van der Waals surface area contributed by atoms with E-state index in [2.05, 4.69) is 0 Å². The van der Waals surface area contributed by atoms with Crippen molar-refractivity contribution in [1.29, 1.82) is 0 Å². The van der Waals surface area contributed by atoms with Gasteiger partial charge in [-0.15, -0.1) is 0 Å². The lowest BCUT2D eigenvalue weighted by Gasteiger charge is -2.24. The Hall–Kier alpha value is -2.40.